The van der Waals surface area contributed by atoms with Crippen molar-refractivity contribution in [3.8, 4) is 0 Å². The lowest BCUT2D eigenvalue weighted by Gasteiger charge is -2.03. The number of rotatable bonds is 3. The van der Waals surface area contributed by atoms with Gasteiger partial charge in [-0.1, -0.05) is 11.3 Å². The van der Waals surface area contributed by atoms with Gasteiger partial charge in [0.15, 0.2) is 5.13 Å². The van der Waals surface area contributed by atoms with Crippen molar-refractivity contribution in [2.24, 2.45) is 0 Å². The van der Waals surface area contributed by atoms with Gasteiger partial charge in [0.1, 0.15) is 4.88 Å². The number of thiazole rings is 1. The number of nitrogens with zero attached hydrogens (tertiary/aromatic N) is 3. The maximum atomic E-state index is 12.0. The van der Waals surface area contributed by atoms with E-state index in [9.17, 15) is 4.79 Å². The zero-order valence-corrected chi connectivity index (χ0v) is 11.3. The van der Waals surface area contributed by atoms with Crippen LogP contribution in [0.1, 0.15) is 35.3 Å². The molecule has 0 atom stereocenters. The average molecular weight is 265 g/mol. The van der Waals surface area contributed by atoms with E-state index in [-0.39, 0.29) is 11.9 Å². The molecule has 3 N–H and O–H groups in total. The van der Waals surface area contributed by atoms with Crippen LogP contribution in [0.4, 0.5) is 10.8 Å². The Bertz CT molecular complexity index is 572. The van der Waals surface area contributed by atoms with Crippen LogP contribution >= 0.6 is 11.3 Å². The van der Waals surface area contributed by atoms with Crippen molar-refractivity contribution in [3.63, 3.8) is 0 Å². The van der Waals surface area contributed by atoms with Gasteiger partial charge in [-0.25, -0.2) is 4.98 Å². The quantitative estimate of drug-likeness (QED) is 0.889. The van der Waals surface area contributed by atoms with Gasteiger partial charge in [0.05, 0.1) is 17.6 Å². The summed E-state index contributed by atoms with van der Waals surface area (Å²) < 4.78 is 1.78. The second-order valence-corrected chi connectivity index (χ2v) is 5.25. The molecule has 2 heterocycles. The van der Waals surface area contributed by atoms with Crippen molar-refractivity contribution in [1.29, 1.82) is 0 Å². The van der Waals surface area contributed by atoms with Crippen molar-refractivity contribution in [1.82, 2.24) is 14.8 Å². The molecule has 0 fully saturated rings. The molecule has 0 bridgehead atoms. The number of hydrogen-bond acceptors (Lipinski definition) is 5. The number of nitrogens with one attached hydrogen (secondary N) is 1. The van der Waals surface area contributed by atoms with E-state index >= 15 is 0 Å². The van der Waals surface area contributed by atoms with Crippen molar-refractivity contribution in [3.05, 3.63) is 23.0 Å². The number of anilines is 2. The van der Waals surface area contributed by atoms with Gasteiger partial charge in [-0.05, 0) is 20.8 Å². The van der Waals surface area contributed by atoms with Crippen molar-refractivity contribution >= 4 is 28.1 Å². The highest BCUT2D eigenvalue weighted by molar-refractivity contribution is 7.17. The van der Waals surface area contributed by atoms with Gasteiger partial charge < -0.3 is 11.1 Å². The smallest absolute Gasteiger partial charge is 0.267 e. The Morgan fingerprint density at radius 1 is 1.56 bits per heavy atom. The maximum Gasteiger partial charge on any atom is 0.267 e. The van der Waals surface area contributed by atoms with E-state index in [0.29, 0.717) is 21.4 Å². The first kappa shape index (κ1) is 12.6. The minimum atomic E-state index is -0.204. The molecular formula is C11H15N5OS. The monoisotopic (exact) mass is 265 g/mol. The van der Waals surface area contributed by atoms with E-state index in [2.05, 4.69) is 15.4 Å². The van der Waals surface area contributed by atoms with Gasteiger partial charge in [0.2, 0.25) is 0 Å². The second-order valence-electron chi connectivity index (χ2n) is 4.22. The molecule has 0 aliphatic carbocycles. The van der Waals surface area contributed by atoms with E-state index in [0.717, 1.165) is 0 Å². The molecule has 0 saturated carbocycles. The molecule has 2 aromatic rings. The van der Waals surface area contributed by atoms with Gasteiger partial charge in [-0.15, -0.1) is 0 Å². The number of nitrogen functional groups attached to an aromatic ring is 1. The molecular weight excluding hydrogens is 250 g/mol. The molecule has 2 aromatic heterocycles. The van der Waals surface area contributed by atoms with Gasteiger partial charge in [-0.2, -0.15) is 5.10 Å². The van der Waals surface area contributed by atoms with Crippen LogP contribution in [0, 0.1) is 6.92 Å². The van der Waals surface area contributed by atoms with Crippen LogP contribution in [0.5, 0.6) is 0 Å². The van der Waals surface area contributed by atoms with Crippen LogP contribution in [0.15, 0.2) is 12.4 Å². The number of carbonyl (C=O) groups is 1. The number of nitrogens with two attached hydrogens (primary N) is 1. The van der Waals surface area contributed by atoms with E-state index in [4.69, 9.17) is 5.73 Å². The van der Waals surface area contributed by atoms with Crippen LogP contribution in [0.25, 0.3) is 0 Å². The normalized spacial score (nSPS) is 10.9. The number of carbonyl (C=O) groups excluding carboxylic acids is 1. The topological polar surface area (TPSA) is 85.8 Å². The largest absolute Gasteiger partial charge is 0.375 e. The van der Waals surface area contributed by atoms with Crippen LogP contribution in [-0.4, -0.2) is 20.7 Å². The third-order valence-corrected chi connectivity index (χ3v) is 3.39. The summed E-state index contributed by atoms with van der Waals surface area (Å²) in [5, 5.41) is 7.33. The lowest BCUT2D eigenvalue weighted by molar-refractivity contribution is 0.103. The summed E-state index contributed by atoms with van der Waals surface area (Å²) in [4.78, 5) is 16.5. The molecule has 96 valence electrons. The fraction of sp³-hybridized carbons (Fsp3) is 0.364. The Labute approximate surface area is 109 Å². The van der Waals surface area contributed by atoms with Gasteiger partial charge in [0.25, 0.3) is 5.91 Å². The Morgan fingerprint density at radius 3 is 2.78 bits per heavy atom. The molecule has 2 rings (SSSR count). The van der Waals surface area contributed by atoms with Crippen molar-refractivity contribution in [2.45, 2.75) is 26.8 Å². The number of aryl methyl sites for hydroxylation is 1. The first-order valence-corrected chi connectivity index (χ1v) is 6.37. The predicted octanol–water partition coefficient (Wildman–Crippen LogP) is 2.06. The molecule has 7 heteroatoms. The van der Waals surface area contributed by atoms with E-state index < -0.39 is 0 Å². The Morgan fingerprint density at radius 2 is 2.28 bits per heavy atom. The molecule has 6 nitrogen and oxygen atoms in total. The maximum absolute atomic E-state index is 12.0. The van der Waals surface area contributed by atoms with Crippen molar-refractivity contribution < 1.29 is 4.79 Å². The van der Waals surface area contributed by atoms with Crippen LogP contribution < -0.4 is 11.1 Å². The molecule has 0 aliphatic rings. The minimum absolute atomic E-state index is 0.204. The molecule has 0 aliphatic heterocycles. The lowest BCUT2D eigenvalue weighted by atomic mass is 10.3. The number of aromatic nitrogens is 3. The highest BCUT2D eigenvalue weighted by atomic mass is 32.1. The molecule has 0 aromatic carbocycles. The molecule has 18 heavy (non-hydrogen) atoms. The zero-order valence-electron chi connectivity index (χ0n) is 10.5. The van der Waals surface area contributed by atoms with Crippen LogP contribution in [0.2, 0.25) is 0 Å². The number of amides is 1. The first-order chi connectivity index (χ1) is 8.47. The third kappa shape index (κ3) is 2.51. The Hall–Kier alpha value is -1.89. The molecule has 0 unspecified atom stereocenters. The van der Waals surface area contributed by atoms with Gasteiger partial charge in [-0.3, -0.25) is 9.48 Å². The predicted molar refractivity (Wildman–Crippen MR) is 71.8 cm³/mol. The Balaban J connectivity index is 2.13. The highest BCUT2D eigenvalue weighted by Crippen LogP contribution is 2.21. The zero-order chi connectivity index (χ0) is 13.3. The first-order valence-electron chi connectivity index (χ1n) is 5.55. The average Bonchev–Trinajstić information content (AvgIpc) is 2.85. The summed E-state index contributed by atoms with van der Waals surface area (Å²) in [5.74, 6) is -0.204. The third-order valence-electron chi connectivity index (χ3n) is 2.41. The van der Waals surface area contributed by atoms with E-state index in [1.807, 2.05) is 13.8 Å². The molecule has 0 radical (unpaired) electrons. The summed E-state index contributed by atoms with van der Waals surface area (Å²) in [7, 11) is 0. The fourth-order valence-corrected chi connectivity index (χ4v) is 2.23. The summed E-state index contributed by atoms with van der Waals surface area (Å²) in [6, 6.07) is 0.261. The van der Waals surface area contributed by atoms with E-state index in [1.165, 1.54) is 11.3 Å². The van der Waals surface area contributed by atoms with Gasteiger partial charge in [0, 0.05) is 12.2 Å². The summed E-state index contributed by atoms with van der Waals surface area (Å²) >= 11 is 1.18. The van der Waals surface area contributed by atoms with Crippen molar-refractivity contribution in [2.75, 3.05) is 11.1 Å². The summed E-state index contributed by atoms with van der Waals surface area (Å²) in [5.41, 5.74) is 6.88. The molecule has 1 amide bonds. The summed E-state index contributed by atoms with van der Waals surface area (Å²) in [6.45, 7) is 5.80. The molecule has 0 saturated heterocycles. The van der Waals surface area contributed by atoms with E-state index in [1.54, 1.807) is 24.0 Å². The number of hydrogen-bond donors (Lipinski definition) is 2. The second kappa shape index (κ2) is 4.77. The van der Waals surface area contributed by atoms with Crippen LogP contribution in [-0.2, 0) is 0 Å². The summed E-state index contributed by atoms with van der Waals surface area (Å²) in [6.07, 6.45) is 3.42. The fourth-order valence-electron chi connectivity index (χ4n) is 1.50. The highest BCUT2D eigenvalue weighted by Gasteiger charge is 2.15. The minimum Gasteiger partial charge on any atom is -0.375 e. The van der Waals surface area contributed by atoms with Crippen LogP contribution in [0.3, 0.4) is 0 Å². The Kier molecular flexibility index (Phi) is 3.33. The standard InChI is InChI=1S/C11H15N5OS/c1-6(2)16-5-8(4-13-16)15-10(17)9-7(3)14-11(12)18-9/h4-6H,1-3H3,(H2,12,14)(H,15,17). The van der Waals surface area contributed by atoms with Gasteiger partial charge >= 0.3 is 0 Å². The molecule has 0 spiro atoms. The SMILES string of the molecule is Cc1nc(N)sc1C(=O)Nc1cnn(C(C)C)c1. The lowest BCUT2D eigenvalue weighted by Crippen LogP contribution is -2.11.